The monoisotopic (exact) mass is 342 g/mol. The molecule has 0 aliphatic carbocycles. The molecular formula is C19H26N4O2. The van der Waals surface area contributed by atoms with E-state index in [2.05, 4.69) is 50.3 Å². The van der Waals surface area contributed by atoms with Crippen molar-refractivity contribution in [3.8, 4) is 0 Å². The first kappa shape index (κ1) is 17.6. The van der Waals surface area contributed by atoms with Gasteiger partial charge in [0.25, 0.3) is 0 Å². The Kier molecular flexibility index (Phi) is 6.19. The minimum atomic E-state index is -0.0664. The van der Waals surface area contributed by atoms with Crippen molar-refractivity contribution in [3.05, 3.63) is 53.9 Å². The van der Waals surface area contributed by atoms with Crippen LogP contribution in [0, 0.1) is 5.92 Å². The summed E-state index contributed by atoms with van der Waals surface area (Å²) in [4.78, 5) is 14.1. The third-order valence-electron chi connectivity index (χ3n) is 4.56. The zero-order chi connectivity index (χ0) is 17.5. The summed E-state index contributed by atoms with van der Waals surface area (Å²) >= 11 is 0. The van der Waals surface area contributed by atoms with Crippen LogP contribution in [0.25, 0.3) is 0 Å². The van der Waals surface area contributed by atoms with Gasteiger partial charge in [-0.3, -0.25) is 14.4 Å². The van der Waals surface area contributed by atoms with Gasteiger partial charge in [0.05, 0.1) is 5.69 Å². The summed E-state index contributed by atoms with van der Waals surface area (Å²) in [5, 5.41) is 7.40. The third-order valence-corrected chi connectivity index (χ3v) is 4.56. The molecule has 134 valence electrons. The molecule has 2 aromatic rings. The van der Waals surface area contributed by atoms with E-state index < -0.39 is 0 Å². The molecule has 25 heavy (non-hydrogen) atoms. The van der Waals surface area contributed by atoms with Gasteiger partial charge < -0.3 is 10.1 Å². The maximum atomic E-state index is 11.7. The fraction of sp³-hybridized carbons (Fsp3) is 0.474. The predicted molar refractivity (Wildman–Crippen MR) is 96.0 cm³/mol. The van der Waals surface area contributed by atoms with Crippen molar-refractivity contribution in [3.63, 3.8) is 0 Å². The summed E-state index contributed by atoms with van der Waals surface area (Å²) in [5.41, 5.74) is 2.59. The van der Waals surface area contributed by atoms with Gasteiger partial charge in [-0.25, -0.2) is 0 Å². The Labute approximate surface area is 148 Å². The molecule has 6 nitrogen and oxygen atoms in total. The molecule has 1 aliphatic heterocycles. The zero-order valence-corrected chi connectivity index (χ0v) is 14.7. The average molecular weight is 342 g/mol. The predicted octanol–water partition coefficient (Wildman–Crippen LogP) is 1.32. The highest BCUT2D eigenvalue weighted by atomic mass is 16.5. The van der Waals surface area contributed by atoms with Crippen LogP contribution in [0.4, 0.5) is 0 Å². The molecule has 1 aliphatic rings. The number of rotatable bonds is 7. The topological polar surface area (TPSA) is 59.4 Å². The van der Waals surface area contributed by atoms with E-state index in [9.17, 15) is 4.79 Å². The van der Waals surface area contributed by atoms with Crippen LogP contribution in [-0.4, -0.2) is 53.9 Å². The molecule has 1 aromatic carbocycles. The zero-order valence-electron chi connectivity index (χ0n) is 14.7. The molecule has 0 fully saturated rings. The minimum absolute atomic E-state index is 0.0664. The molecule has 0 saturated carbocycles. The maximum Gasteiger partial charge on any atom is 0.245 e. The van der Waals surface area contributed by atoms with Crippen molar-refractivity contribution in [2.45, 2.75) is 19.5 Å². The number of aromatic nitrogens is 2. The minimum Gasteiger partial charge on any atom is -0.375 e. The van der Waals surface area contributed by atoms with Crippen molar-refractivity contribution in [2.24, 2.45) is 5.92 Å². The largest absolute Gasteiger partial charge is 0.375 e. The summed E-state index contributed by atoms with van der Waals surface area (Å²) in [6, 6.07) is 12.6. The lowest BCUT2D eigenvalue weighted by atomic mass is 10.1. The Bertz CT molecular complexity index is 671. The summed E-state index contributed by atoms with van der Waals surface area (Å²) < 4.78 is 6.95. The standard InChI is InChI=1S/C19H26N4O2/c1-25-15-19(24)20-11-17-12-22(10-8-16-5-3-2-4-6-16)14-18-7-9-21-23(18)13-17/h2-7,9,17H,8,10-15H2,1H3,(H,20,24)/t17-/m1/s1. The molecule has 0 unspecified atom stereocenters. The number of nitrogens with one attached hydrogen (secondary N) is 1. The first-order valence-corrected chi connectivity index (χ1v) is 8.77. The SMILES string of the molecule is COCC(=O)NC[C@@H]1CN(CCc2ccccc2)Cc2ccnn2C1. The Morgan fingerprint density at radius 3 is 2.92 bits per heavy atom. The van der Waals surface area contributed by atoms with Crippen LogP contribution in [0.1, 0.15) is 11.3 Å². The lowest BCUT2D eigenvalue weighted by molar-refractivity contribution is -0.124. The highest BCUT2D eigenvalue weighted by Crippen LogP contribution is 2.16. The molecule has 1 atom stereocenters. The van der Waals surface area contributed by atoms with Gasteiger partial charge in [0.15, 0.2) is 0 Å². The van der Waals surface area contributed by atoms with E-state index in [1.165, 1.54) is 18.4 Å². The number of hydrogen-bond acceptors (Lipinski definition) is 4. The second-order valence-electron chi connectivity index (χ2n) is 6.58. The van der Waals surface area contributed by atoms with Gasteiger partial charge in [-0.05, 0) is 18.1 Å². The summed E-state index contributed by atoms with van der Waals surface area (Å²) in [5.74, 6) is 0.265. The highest BCUT2D eigenvalue weighted by Gasteiger charge is 2.22. The van der Waals surface area contributed by atoms with Crippen molar-refractivity contribution in [1.82, 2.24) is 20.0 Å². The van der Waals surface area contributed by atoms with Crippen molar-refractivity contribution < 1.29 is 9.53 Å². The van der Waals surface area contributed by atoms with Crippen LogP contribution >= 0.6 is 0 Å². The van der Waals surface area contributed by atoms with Gasteiger partial charge in [0, 0.05) is 51.9 Å². The number of ether oxygens (including phenoxy) is 1. The Morgan fingerprint density at radius 1 is 1.28 bits per heavy atom. The fourth-order valence-electron chi connectivity index (χ4n) is 3.29. The Morgan fingerprint density at radius 2 is 2.12 bits per heavy atom. The average Bonchev–Trinajstić information content (AvgIpc) is 2.98. The van der Waals surface area contributed by atoms with Crippen LogP contribution < -0.4 is 5.32 Å². The number of carbonyl (C=O) groups excluding carboxylic acids is 1. The molecular weight excluding hydrogens is 316 g/mol. The summed E-state index contributed by atoms with van der Waals surface area (Å²) in [6.45, 7) is 4.43. The second-order valence-corrected chi connectivity index (χ2v) is 6.58. The number of hydrogen-bond donors (Lipinski definition) is 1. The lowest BCUT2D eigenvalue weighted by Gasteiger charge is -2.24. The first-order valence-electron chi connectivity index (χ1n) is 8.77. The second kappa shape index (κ2) is 8.78. The van der Waals surface area contributed by atoms with Gasteiger partial charge in [-0.2, -0.15) is 5.10 Å². The van der Waals surface area contributed by atoms with E-state index in [-0.39, 0.29) is 12.5 Å². The fourth-order valence-corrected chi connectivity index (χ4v) is 3.29. The third kappa shape index (κ3) is 5.14. The van der Waals surface area contributed by atoms with E-state index in [0.717, 1.165) is 32.6 Å². The van der Waals surface area contributed by atoms with E-state index in [0.29, 0.717) is 12.5 Å². The summed E-state index contributed by atoms with van der Waals surface area (Å²) in [6.07, 6.45) is 2.88. The molecule has 0 radical (unpaired) electrons. The smallest absolute Gasteiger partial charge is 0.245 e. The van der Waals surface area contributed by atoms with Crippen LogP contribution in [0.3, 0.4) is 0 Å². The Balaban J connectivity index is 1.61. The molecule has 0 bridgehead atoms. The lowest BCUT2D eigenvalue weighted by Crippen LogP contribution is -2.38. The quantitative estimate of drug-likeness (QED) is 0.824. The molecule has 1 amide bonds. The van der Waals surface area contributed by atoms with Crippen molar-refractivity contribution in [2.75, 3.05) is 33.4 Å². The van der Waals surface area contributed by atoms with Crippen LogP contribution in [0.2, 0.25) is 0 Å². The van der Waals surface area contributed by atoms with E-state index in [1.54, 1.807) is 0 Å². The molecule has 0 spiro atoms. The van der Waals surface area contributed by atoms with Gasteiger partial charge in [-0.15, -0.1) is 0 Å². The highest BCUT2D eigenvalue weighted by molar-refractivity contribution is 5.77. The summed E-state index contributed by atoms with van der Waals surface area (Å²) in [7, 11) is 1.53. The number of benzene rings is 1. The van der Waals surface area contributed by atoms with Gasteiger partial charge >= 0.3 is 0 Å². The van der Waals surface area contributed by atoms with Crippen LogP contribution in [0.15, 0.2) is 42.6 Å². The number of methoxy groups -OCH3 is 1. The van der Waals surface area contributed by atoms with Gasteiger partial charge in [0.1, 0.15) is 6.61 Å². The van der Waals surface area contributed by atoms with Crippen LogP contribution in [0.5, 0.6) is 0 Å². The van der Waals surface area contributed by atoms with E-state index in [1.807, 2.05) is 12.3 Å². The van der Waals surface area contributed by atoms with Crippen molar-refractivity contribution in [1.29, 1.82) is 0 Å². The van der Waals surface area contributed by atoms with Crippen molar-refractivity contribution >= 4 is 5.91 Å². The molecule has 6 heteroatoms. The molecule has 3 rings (SSSR count). The molecule has 0 saturated heterocycles. The number of amides is 1. The molecule has 2 heterocycles. The van der Waals surface area contributed by atoms with Gasteiger partial charge in [0.2, 0.25) is 5.91 Å². The normalized spacial score (nSPS) is 17.7. The van der Waals surface area contributed by atoms with E-state index >= 15 is 0 Å². The number of fused-ring (bicyclic) bond motifs is 1. The number of carbonyl (C=O) groups is 1. The van der Waals surface area contributed by atoms with E-state index in [4.69, 9.17) is 4.74 Å². The van der Waals surface area contributed by atoms with Crippen LogP contribution in [-0.2, 0) is 29.0 Å². The number of nitrogens with zero attached hydrogens (tertiary/aromatic N) is 3. The van der Waals surface area contributed by atoms with Gasteiger partial charge in [-0.1, -0.05) is 30.3 Å². The maximum absolute atomic E-state index is 11.7. The first-order chi connectivity index (χ1) is 12.2. The Hall–Kier alpha value is -2.18. The molecule has 1 N–H and O–H groups in total. The molecule has 1 aromatic heterocycles.